The molecular weight excluding hydrogens is 438 g/mol. The van der Waals surface area contributed by atoms with Crippen molar-refractivity contribution in [3.05, 3.63) is 96.8 Å². The highest BCUT2D eigenvalue weighted by atomic mass is 16.3. The van der Waals surface area contributed by atoms with Crippen LogP contribution in [0.3, 0.4) is 0 Å². The summed E-state index contributed by atoms with van der Waals surface area (Å²) >= 11 is 0. The number of hydrogen-bond acceptors (Lipinski definition) is 5. The molecule has 1 aliphatic heterocycles. The van der Waals surface area contributed by atoms with E-state index in [-0.39, 0.29) is 12.0 Å². The monoisotopic (exact) mass is 467 g/mol. The Bertz CT molecular complexity index is 1280. The van der Waals surface area contributed by atoms with E-state index in [1.807, 2.05) is 66.3 Å². The Morgan fingerprint density at radius 3 is 1.77 bits per heavy atom. The number of aliphatic hydroxyl groups excluding tert-OH is 1. The second-order valence-corrected chi connectivity index (χ2v) is 8.86. The van der Waals surface area contributed by atoms with E-state index in [1.165, 1.54) is 0 Å². The molecular formula is C28H29N5O2. The van der Waals surface area contributed by atoms with Crippen LogP contribution in [0.15, 0.2) is 91.3 Å². The molecule has 0 spiro atoms. The maximum absolute atomic E-state index is 12.3. The molecule has 1 atom stereocenters. The molecule has 4 aromatic rings. The SMILES string of the molecule is Cn1ccc(C(=O)Nc2ccc(Nc3ccc(Nc4ccc(N5CC[C@@H](O)C5)cc4)cc3)cc2)c1. The van der Waals surface area contributed by atoms with Crippen molar-refractivity contribution in [1.29, 1.82) is 0 Å². The number of carbonyl (C=O) groups excluding carboxylic acids is 1. The Morgan fingerprint density at radius 1 is 0.800 bits per heavy atom. The number of benzene rings is 3. The van der Waals surface area contributed by atoms with Crippen LogP contribution in [0.25, 0.3) is 0 Å². The average molecular weight is 468 g/mol. The zero-order chi connectivity index (χ0) is 24.2. The van der Waals surface area contributed by atoms with Crippen molar-refractivity contribution in [1.82, 2.24) is 4.57 Å². The first-order chi connectivity index (χ1) is 17.0. The summed E-state index contributed by atoms with van der Waals surface area (Å²) in [5.41, 5.74) is 6.44. The number of rotatable bonds is 7. The first-order valence-corrected chi connectivity index (χ1v) is 11.7. The van der Waals surface area contributed by atoms with E-state index in [9.17, 15) is 9.90 Å². The summed E-state index contributed by atoms with van der Waals surface area (Å²) in [7, 11) is 1.89. The molecule has 4 N–H and O–H groups in total. The molecule has 0 radical (unpaired) electrons. The van der Waals surface area contributed by atoms with Crippen molar-refractivity contribution >= 4 is 40.0 Å². The van der Waals surface area contributed by atoms with E-state index in [1.54, 1.807) is 12.3 Å². The zero-order valence-electron chi connectivity index (χ0n) is 19.6. The first kappa shape index (κ1) is 22.6. The van der Waals surface area contributed by atoms with Gasteiger partial charge >= 0.3 is 0 Å². The molecule has 35 heavy (non-hydrogen) atoms. The molecule has 2 heterocycles. The number of hydrogen-bond donors (Lipinski definition) is 4. The van der Waals surface area contributed by atoms with Gasteiger partial charge < -0.3 is 30.5 Å². The van der Waals surface area contributed by atoms with Crippen LogP contribution in [0.4, 0.5) is 34.1 Å². The van der Waals surface area contributed by atoms with E-state index < -0.39 is 0 Å². The van der Waals surface area contributed by atoms with Crippen LogP contribution in [0.1, 0.15) is 16.8 Å². The molecule has 5 rings (SSSR count). The van der Waals surface area contributed by atoms with Crippen molar-refractivity contribution in [2.45, 2.75) is 12.5 Å². The molecule has 1 saturated heterocycles. The van der Waals surface area contributed by atoms with Gasteiger partial charge in [0.05, 0.1) is 11.7 Å². The van der Waals surface area contributed by atoms with Gasteiger partial charge in [-0.3, -0.25) is 4.79 Å². The van der Waals surface area contributed by atoms with Crippen molar-refractivity contribution in [3.63, 3.8) is 0 Å². The van der Waals surface area contributed by atoms with Crippen LogP contribution in [-0.2, 0) is 7.05 Å². The van der Waals surface area contributed by atoms with Gasteiger partial charge in [-0.05, 0) is 85.3 Å². The fraction of sp³-hybridized carbons (Fsp3) is 0.179. The molecule has 7 heteroatoms. The lowest BCUT2D eigenvalue weighted by atomic mass is 10.2. The van der Waals surface area contributed by atoms with E-state index in [4.69, 9.17) is 0 Å². The zero-order valence-corrected chi connectivity index (χ0v) is 19.6. The van der Waals surface area contributed by atoms with E-state index in [0.717, 1.165) is 47.1 Å². The van der Waals surface area contributed by atoms with Crippen molar-refractivity contribution in [2.24, 2.45) is 7.05 Å². The molecule has 3 aromatic carbocycles. The largest absolute Gasteiger partial charge is 0.391 e. The number of anilines is 6. The molecule has 178 valence electrons. The molecule has 0 bridgehead atoms. The molecule has 7 nitrogen and oxygen atoms in total. The lowest BCUT2D eigenvalue weighted by Crippen LogP contribution is -2.20. The Morgan fingerprint density at radius 2 is 1.31 bits per heavy atom. The third-order valence-corrected chi connectivity index (χ3v) is 6.09. The lowest BCUT2D eigenvalue weighted by Gasteiger charge is -2.18. The molecule has 0 unspecified atom stereocenters. The predicted molar refractivity (Wildman–Crippen MR) is 142 cm³/mol. The fourth-order valence-electron chi connectivity index (χ4n) is 4.18. The molecule has 1 amide bonds. The maximum Gasteiger partial charge on any atom is 0.257 e. The van der Waals surface area contributed by atoms with Crippen molar-refractivity contribution in [3.8, 4) is 0 Å². The molecule has 0 saturated carbocycles. The number of aryl methyl sites for hydroxylation is 1. The van der Waals surface area contributed by atoms with Gasteiger partial charge in [0.15, 0.2) is 0 Å². The maximum atomic E-state index is 12.3. The molecule has 1 aromatic heterocycles. The standard InChI is InChI=1S/C28H29N5O2/c1-32-16-14-20(18-32)28(35)31-25-8-6-23(7-9-25)29-21-2-4-22(5-3-21)30-24-10-12-26(13-11-24)33-17-15-27(34)19-33/h2-14,16,18,27,29-30,34H,15,17,19H2,1H3,(H,31,35)/t27-/m1/s1. The van der Waals surface area contributed by atoms with Gasteiger partial charge in [0.25, 0.3) is 5.91 Å². The minimum Gasteiger partial charge on any atom is -0.391 e. The summed E-state index contributed by atoms with van der Waals surface area (Å²) in [5, 5.41) is 19.5. The normalized spacial score (nSPS) is 15.1. The van der Waals surface area contributed by atoms with Gasteiger partial charge in [-0.15, -0.1) is 0 Å². The first-order valence-electron chi connectivity index (χ1n) is 11.7. The fourth-order valence-corrected chi connectivity index (χ4v) is 4.18. The number of β-amino-alcohol motifs (C(OH)–C–C–N with tert-alkyl or cyclic N) is 1. The average Bonchev–Trinajstić information content (AvgIpc) is 3.50. The highest BCUT2D eigenvalue weighted by Crippen LogP contribution is 2.26. The smallest absolute Gasteiger partial charge is 0.257 e. The second-order valence-electron chi connectivity index (χ2n) is 8.86. The van der Waals surface area contributed by atoms with Gasteiger partial charge in [0, 0.05) is 66.7 Å². The van der Waals surface area contributed by atoms with Gasteiger partial charge in [0.1, 0.15) is 0 Å². The Hall–Kier alpha value is -4.23. The van der Waals surface area contributed by atoms with Crippen molar-refractivity contribution < 1.29 is 9.90 Å². The van der Waals surface area contributed by atoms with Gasteiger partial charge in [0.2, 0.25) is 0 Å². The van der Waals surface area contributed by atoms with E-state index in [0.29, 0.717) is 12.1 Å². The number of aromatic nitrogens is 1. The quantitative estimate of drug-likeness (QED) is 0.295. The van der Waals surface area contributed by atoms with Crippen LogP contribution in [0.2, 0.25) is 0 Å². The second kappa shape index (κ2) is 9.95. The highest BCUT2D eigenvalue weighted by molar-refractivity contribution is 6.04. The van der Waals surface area contributed by atoms with E-state index in [2.05, 4.69) is 45.1 Å². The van der Waals surface area contributed by atoms with Crippen LogP contribution in [-0.4, -0.2) is 34.8 Å². The molecule has 1 aliphatic rings. The Balaban J connectivity index is 1.14. The van der Waals surface area contributed by atoms with Gasteiger partial charge in [-0.2, -0.15) is 0 Å². The van der Waals surface area contributed by atoms with Crippen LogP contribution < -0.4 is 20.9 Å². The minimum atomic E-state index is -0.224. The summed E-state index contributed by atoms with van der Waals surface area (Å²) in [4.78, 5) is 14.5. The number of carbonyl (C=O) groups is 1. The Kier molecular flexibility index (Phi) is 6.41. The Labute approximate surface area is 205 Å². The number of nitrogens with zero attached hydrogens (tertiary/aromatic N) is 2. The van der Waals surface area contributed by atoms with Crippen LogP contribution in [0, 0.1) is 0 Å². The topological polar surface area (TPSA) is 81.6 Å². The van der Waals surface area contributed by atoms with Gasteiger partial charge in [-0.25, -0.2) is 0 Å². The third kappa shape index (κ3) is 5.65. The number of amides is 1. The van der Waals surface area contributed by atoms with Crippen molar-refractivity contribution in [2.75, 3.05) is 33.9 Å². The van der Waals surface area contributed by atoms with Gasteiger partial charge in [-0.1, -0.05) is 0 Å². The van der Waals surface area contributed by atoms with Crippen LogP contribution >= 0.6 is 0 Å². The molecule has 1 fully saturated rings. The summed E-state index contributed by atoms with van der Waals surface area (Å²) in [5.74, 6) is -0.126. The van der Waals surface area contributed by atoms with Crippen LogP contribution in [0.5, 0.6) is 0 Å². The molecule has 0 aliphatic carbocycles. The lowest BCUT2D eigenvalue weighted by molar-refractivity contribution is 0.102. The summed E-state index contributed by atoms with van der Waals surface area (Å²) in [6.45, 7) is 1.60. The minimum absolute atomic E-state index is 0.126. The predicted octanol–water partition coefficient (Wildman–Crippen LogP) is 5.34. The summed E-state index contributed by atoms with van der Waals surface area (Å²) < 4.78 is 1.85. The van der Waals surface area contributed by atoms with E-state index >= 15 is 0 Å². The summed E-state index contributed by atoms with van der Waals surface area (Å²) in [6, 6.07) is 25.8. The summed E-state index contributed by atoms with van der Waals surface area (Å²) in [6.07, 6.45) is 4.24. The third-order valence-electron chi connectivity index (χ3n) is 6.09. The highest BCUT2D eigenvalue weighted by Gasteiger charge is 2.20. The number of aliphatic hydroxyl groups is 1. The number of nitrogens with one attached hydrogen (secondary N) is 3.